The van der Waals surface area contributed by atoms with Crippen LogP contribution in [0, 0.1) is 5.92 Å². The van der Waals surface area contributed by atoms with Crippen molar-refractivity contribution in [1.29, 1.82) is 0 Å². The van der Waals surface area contributed by atoms with Gasteiger partial charge >= 0.3 is 0 Å². The van der Waals surface area contributed by atoms with E-state index >= 15 is 0 Å². The normalized spacial score (nSPS) is 16.3. The Bertz CT molecular complexity index is 821. The van der Waals surface area contributed by atoms with Crippen LogP contribution in [0.15, 0.2) is 48.5 Å². The van der Waals surface area contributed by atoms with Gasteiger partial charge in [0.25, 0.3) is 0 Å². The number of ether oxygens (including phenoxy) is 2. The van der Waals surface area contributed by atoms with Crippen LogP contribution in [0.3, 0.4) is 0 Å². The number of carbonyl (C=O) groups is 2. The number of amides is 2. The Morgan fingerprint density at radius 3 is 2.74 bits per heavy atom. The molecule has 2 amide bonds. The molecule has 1 unspecified atom stereocenters. The van der Waals surface area contributed by atoms with Crippen LogP contribution in [-0.2, 0) is 16.0 Å². The summed E-state index contributed by atoms with van der Waals surface area (Å²) >= 11 is 0. The fourth-order valence-electron chi connectivity index (χ4n) is 3.24. The van der Waals surface area contributed by atoms with E-state index in [1.165, 1.54) is 0 Å². The van der Waals surface area contributed by atoms with Gasteiger partial charge in [-0.15, -0.1) is 0 Å². The van der Waals surface area contributed by atoms with Crippen molar-refractivity contribution in [2.75, 3.05) is 32.6 Å². The Morgan fingerprint density at radius 2 is 1.96 bits per heavy atom. The maximum absolute atomic E-state index is 12.6. The van der Waals surface area contributed by atoms with E-state index in [0.717, 1.165) is 17.7 Å². The molecule has 1 fully saturated rings. The predicted molar refractivity (Wildman–Crippen MR) is 103 cm³/mol. The third-order valence-electron chi connectivity index (χ3n) is 4.75. The number of hydrogen-bond acceptors (Lipinski definition) is 4. The third kappa shape index (κ3) is 4.58. The standard InChI is InChI=1S/C21H24N2O4/c1-26-17-7-5-6-15(12-17)10-11-23-14-16(13-20(23)24)21(25)22-18-8-3-4-9-19(18)27-2/h3-9,12,16H,10-11,13-14H2,1-2H3,(H,22,25). The molecule has 0 radical (unpaired) electrons. The fraction of sp³-hybridized carbons (Fsp3) is 0.333. The molecule has 3 rings (SSSR count). The first-order valence-corrected chi connectivity index (χ1v) is 8.95. The van der Waals surface area contributed by atoms with Gasteiger partial charge in [-0.3, -0.25) is 9.59 Å². The molecular formula is C21H24N2O4. The zero-order valence-electron chi connectivity index (χ0n) is 15.6. The van der Waals surface area contributed by atoms with Crippen LogP contribution >= 0.6 is 0 Å². The Balaban J connectivity index is 1.57. The summed E-state index contributed by atoms with van der Waals surface area (Å²) < 4.78 is 10.5. The summed E-state index contributed by atoms with van der Waals surface area (Å²) in [6.45, 7) is 1.02. The molecule has 1 N–H and O–H groups in total. The molecule has 1 atom stereocenters. The van der Waals surface area contributed by atoms with Crippen LogP contribution < -0.4 is 14.8 Å². The molecule has 6 heteroatoms. The highest BCUT2D eigenvalue weighted by Gasteiger charge is 2.34. The summed E-state index contributed by atoms with van der Waals surface area (Å²) in [5, 5.41) is 2.87. The maximum atomic E-state index is 12.6. The Morgan fingerprint density at radius 1 is 1.15 bits per heavy atom. The fourth-order valence-corrected chi connectivity index (χ4v) is 3.24. The number of hydrogen-bond donors (Lipinski definition) is 1. The topological polar surface area (TPSA) is 67.9 Å². The molecule has 142 valence electrons. The van der Waals surface area contributed by atoms with Crippen LogP contribution in [0.1, 0.15) is 12.0 Å². The highest BCUT2D eigenvalue weighted by molar-refractivity contribution is 5.98. The minimum Gasteiger partial charge on any atom is -0.497 e. The summed E-state index contributed by atoms with van der Waals surface area (Å²) in [6.07, 6.45) is 0.961. The molecule has 1 aliphatic rings. The second kappa shape index (κ2) is 8.58. The van der Waals surface area contributed by atoms with Gasteiger partial charge in [-0.1, -0.05) is 24.3 Å². The molecular weight excluding hydrogens is 344 g/mol. The van der Waals surface area contributed by atoms with Gasteiger partial charge in [-0.25, -0.2) is 0 Å². The van der Waals surface area contributed by atoms with Crippen molar-refractivity contribution in [1.82, 2.24) is 4.90 Å². The highest BCUT2D eigenvalue weighted by atomic mass is 16.5. The van der Waals surface area contributed by atoms with E-state index in [4.69, 9.17) is 9.47 Å². The van der Waals surface area contributed by atoms with Crippen LogP contribution in [0.2, 0.25) is 0 Å². The third-order valence-corrected chi connectivity index (χ3v) is 4.75. The predicted octanol–water partition coefficient (Wildman–Crippen LogP) is 2.73. The summed E-state index contributed by atoms with van der Waals surface area (Å²) in [5.41, 5.74) is 1.72. The zero-order valence-corrected chi connectivity index (χ0v) is 15.6. The van der Waals surface area contributed by atoms with Gasteiger partial charge in [0.05, 0.1) is 25.8 Å². The zero-order chi connectivity index (χ0) is 19.2. The highest BCUT2D eigenvalue weighted by Crippen LogP contribution is 2.26. The van der Waals surface area contributed by atoms with Crippen molar-refractivity contribution >= 4 is 17.5 Å². The average Bonchev–Trinajstić information content (AvgIpc) is 3.07. The summed E-state index contributed by atoms with van der Waals surface area (Å²) in [6, 6.07) is 15.0. The number of likely N-dealkylation sites (tertiary alicyclic amines) is 1. The minimum atomic E-state index is -0.354. The van der Waals surface area contributed by atoms with Crippen LogP contribution in [0.4, 0.5) is 5.69 Å². The SMILES string of the molecule is COc1cccc(CCN2CC(C(=O)Nc3ccccc3OC)CC2=O)c1. The molecule has 6 nitrogen and oxygen atoms in total. The molecule has 27 heavy (non-hydrogen) atoms. The minimum absolute atomic E-state index is 0.0121. The Hall–Kier alpha value is -3.02. The lowest BCUT2D eigenvalue weighted by atomic mass is 10.1. The Labute approximate surface area is 159 Å². The van der Waals surface area contributed by atoms with E-state index in [1.807, 2.05) is 36.4 Å². The van der Waals surface area contributed by atoms with Crippen LogP contribution in [-0.4, -0.2) is 44.0 Å². The number of carbonyl (C=O) groups excluding carboxylic acids is 2. The van der Waals surface area contributed by atoms with Gasteiger partial charge in [-0.2, -0.15) is 0 Å². The quantitative estimate of drug-likeness (QED) is 0.816. The number of methoxy groups -OCH3 is 2. The smallest absolute Gasteiger partial charge is 0.229 e. The molecule has 0 spiro atoms. The van der Waals surface area contributed by atoms with Crippen LogP contribution in [0.5, 0.6) is 11.5 Å². The van der Waals surface area contributed by atoms with Gasteiger partial charge in [0.15, 0.2) is 0 Å². The maximum Gasteiger partial charge on any atom is 0.229 e. The average molecular weight is 368 g/mol. The molecule has 0 saturated carbocycles. The van der Waals surface area contributed by atoms with Gasteiger partial charge in [0.2, 0.25) is 11.8 Å². The lowest BCUT2D eigenvalue weighted by molar-refractivity contribution is -0.128. The van der Waals surface area contributed by atoms with Crippen molar-refractivity contribution in [2.24, 2.45) is 5.92 Å². The lowest BCUT2D eigenvalue weighted by Gasteiger charge is -2.17. The second-order valence-electron chi connectivity index (χ2n) is 6.53. The van der Waals surface area contributed by atoms with Crippen LogP contribution in [0.25, 0.3) is 0 Å². The van der Waals surface area contributed by atoms with E-state index in [9.17, 15) is 9.59 Å². The van der Waals surface area contributed by atoms with Gasteiger partial charge in [-0.05, 0) is 36.2 Å². The van der Waals surface area contributed by atoms with Crippen molar-refractivity contribution in [3.8, 4) is 11.5 Å². The number of nitrogens with zero attached hydrogens (tertiary/aromatic N) is 1. The first-order valence-electron chi connectivity index (χ1n) is 8.95. The van der Waals surface area contributed by atoms with E-state index in [0.29, 0.717) is 24.5 Å². The van der Waals surface area contributed by atoms with Crippen molar-refractivity contribution in [2.45, 2.75) is 12.8 Å². The van der Waals surface area contributed by atoms with Crippen molar-refractivity contribution in [3.63, 3.8) is 0 Å². The van der Waals surface area contributed by atoms with Crippen molar-refractivity contribution in [3.05, 3.63) is 54.1 Å². The molecule has 0 bridgehead atoms. The molecule has 0 aliphatic carbocycles. The first kappa shape index (κ1) is 18.8. The molecule has 1 aliphatic heterocycles. The van der Waals surface area contributed by atoms with E-state index in [1.54, 1.807) is 31.3 Å². The van der Waals surface area contributed by atoms with E-state index in [2.05, 4.69) is 5.32 Å². The molecule has 1 saturated heterocycles. The van der Waals surface area contributed by atoms with E-state index in [-0.39, 0.29) is 24.2 Å². The number of nitrogens with one attached hydrogen (secondary N) is 1. The summed E-state index contributed by atoms with van der Waals surface area (Å²) in [7, 11) is 3.19. The summed E-state index contributed by atoms with van der Waals surface area (Å²) in [5.74, 6) is 0.905. The van der Waals surface area contributed by atoms with Gasteiger partial charge in [0, 0.05) is 19.5 Å². The van der Waals surface area contributed by atoms with Gasteiger partial charge in [0.1, 0.15) is 11.5 Å². The van der Waals surface area contributed by atoms with Crippen molar-refractivity contribution < 1.29 is 19.1 Å². The first-order chi connectivity index (χ1) is 13.1. The van der Waals surface area contributed by atoms with E-state index < -0.39 is 0 Å². The number of anilines is 1. The largest absolute Gasteiger partial charge is 0.497 e. The molecule has 2 aromatic rings. The monoisotopic (exact) mass is 368 g/mol. The molecule has 0 aromatic heterocycles. The second-order valence-corrected chi connectivity index (χ2v) is 6.53. The van der Waals surface area contributed by atoms with Gasteiger partial charge < -0.3 is 19.7 Å². The molecule has 1 heterocycles. The lowest BCUT2D eigenvalue weighted by Crippen LogP contribution is -2.30. The Kier molecular flexibility index (Phi) is 5.96. The number of benzene rings is 2. The number of para-hydroxylation sites is 2. The number of rotatable bonds is 7. The summed E-state index contributed by atoms with van der Waals surface area (Å²) in [4.78, 5) is 26.6. The molecule has 2 aromatic carbocycles.